The van der Waals surface area contributed by atoms with Crippen LogP contribution in [-0.2, 0) is 19.0 Å². The summed E-state index contributed by atoms with van der Waals surface area (Å²) in [5.74, 6) is -0.199. The highest BCUT2D eigenvalue weighted by Crippen LogP contribution is 2.28. The van der Waals surface area contributed by atoms with Gasteiger partial charge in [-0.25, -0.2) is 9.59 Å². The van der Waals surface area contributed by atoms with Gasteiger partial charge in [0.1, 0.15) is 17.7 Å². The summed E-state index contributed by atoms with van der Waals surface area (Å²) in [4.78, 5) is 24.8. The smallest absolute Gasteiger partial charge is 0.408 e. The summed E-state index contributed by atoms with van der Waals surface area (Å²) in [5, 5.41) is 2.69. The van der Waals surface area contributed by atoms with Gasteiger partial charge in [-0.2, -0.15) is 0 Å². The van der Waals surface area contributed by atoms with Crippen molar-refractivity contribution in [1.82, 2.24) is 5.32 Å². The molecule has 6 nitrogen and oxygen atoms in total. The van der Waals surface area contributed by atoms with Crippen LogP contribution in [0.25, 0.3) is 0 Å². The highest BCUT2D eigenvalue weighted by Gasteiger charge is 2.34. The van der Waals surface area contributed by atoms with Crippen LogP contribution >= 0.6 is 0 Å². The number of unbranched alkanes of at least 4 members (excludes halogenated alkanes) is 2. The summed E-state index contributed by atoms with van der Waals surface area (Å²) in [6.07, 6.45) is 6.74. The molecular formula is C22H41NO5. The van der Waals surface area contributed by atoms with Crippen molar-refractivity contribution in [3.05, 3.63) is 0 Å². The monoisotopic (exact) mass is 399 g/mol. The minimum Gasteiger partial charge on any atom is -0.461 e. The third-order valence-corrected chi connectivity index (χ3v) is 5.06. The van der Waals surface area contributed by atoms with Crippen LogP contribution in [0.1, 0.15) is 92.9 Å². The van der Waals surface area contributed by atoms with E-state index in [0.717, 1.165) is 51.6 Å². The molecule has 1 aliphatic rings. The fourth-order valence-electron chi connectivity index (χ4n) is 3.54. The Morgan fingerprint density at radius 2 is 1.86 bits per heavy atom. The van der Waals surface area contributed by atoms with Gasteiger partial charge in [-0.15, -0.1) is 0 Å². The molecule has 0 saturated carbocycles. The SMILES string of the molecule is CCCCO[C@H]1CCC[C@H](NC(=O)OC(C)(C)C)C(=O)O[C@@H](C)[C@@H]1CCCC. The van der Waals surface area contributed by atoms with E-state index in [4.69, 9.17) is 14.2 Å². The summed E-state index contributed by atoms with van der Waals surface area (Å²) in [6, 6.07) is -0.682. The van der Waals surface area contributed by atoms with Gasteiger partial charge >= 0.3 is 12.1 Å². The number of alkyl carbamates (subject to hydrolysis) is 1. The number of cyclic esters (lactones) is 1. The van der Waals surface area contributed by atoms with Crippen molar-refractivity contribution in [1.29, 1.82) is 0 Å². The summed E-state index contributed by atoms with van der Waals surface area (Å²) < 4.78 is 17.3. The van der Waals surface area contributed by atoms with Crippen LogP contribution in [0.4, 0.5) is 4.79 Å². The van der Waals surface area contributed by atoms with Gasteiger partial charge in [-0.1, -0.05) is 33.1 Å². The zero-order valence-electron chi connectivity index (χ0n) is 18.7. The molecule has 28 heavy (non-hydrogen) atoms. The average molecular weight is 400 g/mol. The standard InChI is InChI=1S/C22H41NO5/c1-7-9-12-17-16(3)27-20(24)18(23-21(25)28-22(4,5)6)13-11-14-19(17)26-15-10-8-2/h16-19H,7-15H2,1-6H3,(H,23,25)/t16-,17-,18-,19-/m0/s1. The highest BCUT2D eigenvalue weighted by atomic mass is 16.6. The second-order valence-electron chi connectivity index (χ2n) is 8.84. The van der Waals surface area contributed by atoms with Gasteiger partial charge in [-0.3, -0.25) is 0 Å². The molecule has 0 radical (unpaired) electrons. The lowest BCUT2D eigenvalue weighted by molar-refractivity contribution is -0.156. The zero-order valence-corrected chi connectivity index (χ0v) is 18.7. The Hall–Kier alpha value is -1.30. The quantitative estimate of drug-likeness (QED) is 0.460. The number of carbonyl (C=O) groups excluding carboxylic acids is 2. The normalized spacial score (nSPS) is 26.6. The number of nitrogens with one attached hydrogen (secondary N) is 1. The first-order valence-electron chi connectivity index (χ1n) is 11.0. The highest BCUT2D eigenvalue weighted by molar-refractivity contribution is 5.81. The molecule has 0 aromatic heterocycles. The number of carbonyl (C=O) groups is 2. The lowest BCUT2D eigenvalue weighted by Gasteiger charge is -2.31. The molecule has 0 aromatic carbocycles. The van der Waals surface area contributed by atoms with E-state index in [2.05, 4.69) is 19.2 Å². The number of hydrogen-bond donors (Lipinski definition) is 1. The molecule has 0 unspecified atom stereocenters. The first kappa shape index (κ1) is 24.7. The van der Waals surface area contributed by atoms with Gasteiger partial charge < -0.3 is 19.5 Å². The number of hydrogen-bond acceptors (Lipinski definition) is 5. The minimum absolute atomic E-state index is 0.0844. The van der Waals surface area contributed by atoms with Gasteiger partial charge in [0.25, 0.3) is 0 Å². The van der Waals surface area contributed by atoms with Crippen LogP contribution in [-0.4, -0.2) is 42.5 Å². The first-order chi connectivity index (χ1) is 13.2. The summed E-state index contributed by atoms with van der Waals surface area (Å²) >= 11 is 0. The third kappa shape index (κ3) is 9.26. The van der Waals surface area contributed by atoms with E-state index < -0.39 is 17.7 Å². The molecule has 1 heterocycles. The maximum absolute atomic E-state index is 12.7. The fraction of sp³-hybridized carbons (Fsp3) is 0.909. The van der Waals surface area contributed by atoms with Crippen LogP contribution < -0.4 is 5.32 Å². The van der Waals surface area contributed by atoms with Crippen LogP contribution in [0.5, 0.6) is 0 Å². The van der Waals surface area contributed by atoms with Crippen molar-refractivity contribution in [3.63, 3.8) is 0 Å². The topological polar surface area (TPSA) is 73.9 Å². The van der Waals surface area contributed by atoms with Crippen molar-refractivity contribution in [2.75, 3.05) is 6.61 Å². The lowest BCUT2D eigenvalue weighted by atomic mass is 9.88. The molecule has 1 fully saturated rings. The molecule has 0 aliphatic carbocycles. The number of esters is 1. The van der Waals surface area contributed by atoms with Crippen LogP contribution in [0.3, 0.4) is 0 Å². The average Bonchev–Trinajstić information content (AvgIpc) is 2.63. The maximum atomic E-state index is 12.7. The predicted molar refractivity (Wildman–Crippen MR) is 110 cm³/mol. The van der Waals surface area contributed by atoms with Gasteiger partial charge in [0.15, 0.2) is 0 Å². The number of amides is 1. The Kier molecular flexibility index (Phi) is 10.9. The predicted octanol–water partition coefficient (Wildman–Crippen LogP) is 4.99. The van der Waals surface area contributed by atoms with E-state index in [0.29, 0.717) is 6.42 Å². The molecule has 6 heteroatoms. The Morgan fingerprint density at radius 3 is 2.46 bits per heavy atom. The molecule has 1 N–H and O–H groups in total. The van der Waals surface area contributed by atoms with Crippen LogP contribution in [0, 0.1) is 5.92 Å². The molecule has 164 valence electrons. The minimum atomic E-state index is -0.682. The van der Waals surface area contributed by atoms with E-state index in [1.54, 1.807) is 20.8 Å². The van der Waals surface area contributed by atoms with Gasteiger partial charge in [0.05, 0.1) is 6.10 Å². The molecule has 0 aromatic rings. The molecule has 0 spiro atoms. The molecule has 1 rings (SSSR count). The summed E-state index contributed by atoms with van der Waals surface area (Å²) in [6.45, 7) is 12.4. The molecule has 0 bridgehead atoms. The van der Waals surface area contributed by atoms with E-state index in [1.807, 2.05) is 6.92 Å². The van der Waals surface area contributed by atoms with Crippen molar-refractivity contribution < 1.29 is 23.8 Å². The second kappa shape index (κ2) is 12.3. The van der Waals surface area contributed by atoms with Crippen LogP contribution in [0.15, 0.2) is 0 Å². The van der Waals surface area contributed by atoms with E-state index in [-0.39, 0.29) is 24.1 Å². The molecule has 1 amide bonds. The lowest BCUT2D eigenvalue weighted by Crippen LogP contribution is -2.45. The summed E-state index contributed by atoms with van der Waals surface area (Å²) in [7, 11) is 0. The zero-order chi connectivity index (χ0) is 21.2. The first-order valence-corrected chi connectivity index (χ1v) is 11.0. The van der Waals surface area contributed by atoms with E-state index in [1.165, 1.54) is 0 Å². The Morgan fingerprint density at radius 1 is 1.18 bits per heavy atom. The Labute approximate surface area is 171 Å². The summed E-state index contributed by atoms with van der Waals surface area (Å²) in [5.41, 5.74) is -0.608. The van der Waals surface area contributed by atoms with Crippen molar-refractivity contribution >= 4 is 12.1 Å². The molecule has 1 saturated heterocycles. The molecule has 1 aliphatic heterocycles. The van der Waals surface area contributed by atoms with Gasteiger partial charge in [0, 0.05) is 12.5 Å². The molecule has 4 atom stereocenters. The number of ether oxygens (including phenoxy) is 3. The van der Waals surface area contributed by atoms with Crippen molar-refractivity contribution in [2.45, 2.75) is 117 Å². The van der Waals surface area contributed by atoms with E-state index in [9.17, 15) is 9.59 Å². The maximum Gasteiger partial charge on any atom is 0.408 e. The Balaban J connectivity index is 2.82. The van der Waals surface area contributed by atoms with Crippen molar-refractivity contribution in [2.24, 2.45) is 5.92 Å². The fourth-order valence-corrected chi connectivity index (χ4v) is 3.54. The number of rotatable bonds is 8. The van der Waals surface area contributed by atoms with Gasteiger partial charge in [0.2, 0.25) is 0 Å². The van der Waals surface area contributed by atoms with Crippen LogP contribution in [0.2, 0.25) is 0 Å². The van der Waals surface area contributed by atoms with Gasteiger partial charge in [-0.05, 0) is 59.8 Å². The van der Waals surface area contributed by atoms with Crippen molar-refractivity contribution in [3.8, 4) is 0 Å². The van der Waals surface area contributed by atoms with E-state index >= 15 is 0 Å². The molecular weight excluding hydrogens is 358 g/mol. The third-order valence-electron chi connectivity index (χ3n) is 5.06. The Bertz CT molecular complexity index is 474. The largest absolute Gasteiger partial charge is 0.461 e. The second-order valence-corrected chi connectivity index (χ2v) is 8.84.